The Kier molecular flexibility index (Phi) is 5.71. The van der Waals surface area contributed by atoms with Gasteiger partial charge in [-0.05, 0) is 12.1 Å². The second-order valence-corrected chi connectivity index (χ2v) is 5.09. The lowest BCUT2D eigenvalue weighted by atomic mass is 10.2. The summed E-state index contributed by atoms with van der Waals surface area (Å²) in [6, 6.07) is 9.22. The topological polar surface area (TPSA) is 70.7 Å². The first-order chi connectivity index (χ1) is 10.1. The van der Waals surface area contributed by atoms with Crippen LogP contribution in [-0.2, 0) is 14.3 Å². The highest BCUT2D eigenvalue weighted by molar-refractivity contribution is 5.94. The third-order valence-corrected chi connectivity index (χ3v) is 3.28. The van der Waals surface area contributed by atoms with Gasteiger partial charge in [0.2, 0.25) is 11.8 Å². The van der Waals surface area contributed by atoms with Crippen LogP contribution < -0.4 is 10.6 Å². The van der Waals surface area contributed by atoms with E-state index in [1.165, 1.54) is 4.90 Å². The number of rotatable bonds is 5. The molecule has 6 heteroatoms. The lowest BCUT2D eigenvalue weighted by Gasteiger charge is -2.25. The van der Waals surface area contributed by atoms with Crippen LogP contribution in [0.4, 0.5) is 5.69 Å². The second kappa shape index (κ2) is 7.75. The minimum Gasteiger partial charge on any atom is -0.378 e. The smallest absolute Gasteiger partial charge is 0.243 e. The molecule has 0 aliphatic carbocycles. The van der Waals surface area contributed by atoms with Crippen LogP contribution in [0.25, 0.3) is 0 Å². The van der Waals surface area contributed by atoms with Crippen LogP contribution in [0.5, 0.6) is 0 Å². The maximum atomic E-state index is 12.0. The summed E-state index contributed by atoms with van der Waals surface area (Å²) in [5, 5.41) is 5.98. The molecule has 1 aliphatic heterocycles. The average Bonchev–Trinajstić information content (AvgIpc) is 2.49. The summed E-state index contributed by atoms with van der Waals surface area (Å²) in [5.74, 6) is -0.272. The number of morpholine rings is 1. The molecule has 1 unspecified atom stereocenters. The highest BCUT2D eigenvalue weighted by Gasteiger charge is 2.20. The van der Waals surface area contributed by atoms with Crippen molar-refractivity contribution in [2.45, 2.75) is 12.5 Å². The van der Waals surface area contributed by atoms with E-state index in [2.05, 4.69) is 10.6 Å². The van der Waals surface area contributed by atoms with Crippen LogP contribution in [0.15, 0.2) is 30.3 Å². The minimum atomic E-state index is -0.204. The van der Waals surface area contributed by atoms with Crippen LogP contribution in [0.2, 0.25) is 0 Å². The molecule has 0 spiro atoms. The number of anilines is 1. The molecule has 114 valence electrons. The SMILES string of the molecule is CN(CC(=O)Nc1ccccc1)C(=O)CC1COCCN1. The van der Waals surface area contributed by atoms with Crippen molar-refractivity contribution < 1.29 is 14.3 Å². The number of ether oxygens (including phenoxy) is 1. The molecule has 0 radical (unpaired) electrons. The summed E-state index contributed by atoms with van der Waals surface area (Å²) >= 11 is 0. The fraction of sp³-hybridized carbons (Fsp3) is 0.467. The van der Waals surface area contributed by atoms with Crippen molar-refractivity contribution in [3.05, 3.63) is 30.3 Å². The number of carbonyl (C=O) groups excluding carboxylic acids is 2. The zero-order chi connectivity index (χ0) is 15.1. The van der Waals surface area contributed by atoms with Gasteiger partial charge in [0.1, 0.15) is 0 Å². The zero-order valence-electron chi connectivity index (χ0n) is 12.2. The van der Waals surface area contributed by atoms with Gasteiger partial charge in [0, 0.05) is 31.7 Å². The molecule has 1 aliphatic rings. The third-order valence-electron chi connectivity index (χ3n) is 3.28. The van der Waals surface area contributed by atoms with Crippen LogP contribution in [-0.4, -0.2) is 56.1 Å². The first-order valence-electron chi connectivity index (χ1n) is 7.05. The Labute approximate surface area is 124 Å². The van der Waals surface area contributed by atoms with E-state index in [9.17, 15) is 9.59 Å². The number of nitrogens with zero attached hydrogens (tertiary/aromatic N) is 1. The first kappa shape index (κ1) is 15.5. The number of nitrogens with one attached hydrogen (secondary N) is 2. The van der Waals surface area contributed by atoms with E-state index < -0.39 is 0 Å². The summed E-state index contributed by atoms with van der Waals surface area (Å²) in [7, 11) is 1.64. The average molecular weight is 291 g/mol. The van der Waals surface area contributed by atoms with Gasteiger partial charge in [-0.15, -0.1) is 0 Å². The molecule has 2 N–H and O–H groups in total. The van der Waals surface area contributed by atoms with Gasteiger partial charge in [0.05, 0.1) is 19.8 Å². The van der Waals surface area contributed by atoms with E-state index in [0.717, 1.165) is 12.2 Å². The van der Waals surface area contributed by atoms with E-state index in [4.69, 9.17) is 4.74 Å². The van der Waals surface area contributed by atoms with Gasteiger partial charge in [-0.3, -0.25) is 9.59 Å². The molecule has 1 aromatic carbocycles. The molecule has 1 saturated heterocycles. The Morgan fingerprint density at radius 3 is 2.81 bits per heavy atom. The van der Waals surface area contributed by atoms with Crippen molar-refractivity contribution in [3.8, 4) is 0 Å². The Morgan fingerprint density at radius 2 is 2.14 bits per heavy atom. The van der Waals surface area contributed by atoms with Crippen molar-refractivity contribution in [1.29, 1.82) is 0 Å². The molecule has 2 amide bonds. The first-order valence-corrected chi connectivity index (χ1v) is 7.05. The van der Waals surface area contributed by atoms with E-state index in [0.29, 0.717) is 19.6 Å². The number of para-hydroxylation sites is 1. The summed E-state index contributed by atoms with van der Waals surface area (Å²) in [6.07, 6.45) is 0.342. The van der Waals surface area contributed by atoms with Crippen molar-refractivity contribution >= 4 is 17.5 Å². The number of amides is 2. The monoisotopic (exact) mass is 291 g/mol. The van der Waals surface area contributed by atoms with E-state index >= 15 is 0 Å². The van der Waals surface area contributed by atoms with Crippen LogP contribution >= 0.6 is 0 Å². The van der Waals surface area contributed by atoms with Gasteiger partial charge in [0.15, 0.2) is 0 Å². The molecule has 1 aromatic rings. The molecule has 0 bridgehead atoms. The molecule has 1 heterocycles. The highest BCUT2D eigenvalue weighted by atomic mass is 16.5. The van der Waals surface area contributed by atoms with E-state index in [1.807, 2.05) is 30.3 Å². The largest absolute Gasteiger partial charge is 0.378 e. The van der Waals surface area contributed by atoms with Crippen LogP contribution in [0.1, 0.15) is 6.42 Å². The standard InChI is InChI=1S/C15H21N3O3/c1-18(15(20)9-13-11-21-8-7-16-13)10-14(19)17-12-5-3-2-4-6-12/h2-6,13,16H,7-11H2,1H3,(H,17,19). The predicted molar refractivity (Wildman–Crippen MR) is 79.9 cm³/mol. The van der Waals surface area contributed by atoms with Crippen molar-refractivity contribution in [3.63, 3.8) is 0 Å². The summed E-state index contributed by atoms with van der Waals surface area (Å²) in [5.41, 5.74) is 0.727. The van der Waals surface area contributed by atoms with Crippen LogP contribution in [0, 0.1) is 0 Å². The number of carbonyl (C=O) groups is 2. The molecule has 0 aromatic heterocycles. The minimum absolute atomic E-state index is 0.0332. The lowest BCUT2D eigenvalue weighted by molar-refractivity contribution is -0.134. The Bertz CT molecular complexity index is 472. The molecule has 1 fully saturated rings. The fourth-order valence-electron chi connectivity index (χ4n) is 2.14. The van der Waals surface area contributed by atoms with Crippen molar-refractivity contribution in [2.75, 3.05) is 38.7 Å². The molecule has 1 atom stereocenters. The van der Waals surface area contributed by atoms with Crippen molar-refractivity contribution in [2.24, 2.45) is 0 Å². The summed E-state index contributed by atoms with van der Waals surface area (Å²) in [6.45, 7) is 2.02. The summed E-state index contributed by atoms with van der Waals surface area (Å²) in [4.78, 5) is 25.4. The predicted octanol–water partition coefficient (Wildman–Crippen LogP) is 0.462. The molecule has 6 nitrogen and oxygen atoms in total. The number of hydrogen-bond donors (Lipinski definition) is 2. The Balaban J connectivity index is 1.75. The summed E-state index contributed by atoms with van der Waals surface area (Å²) < 4.78 is 5.31. The number of hydrogen-bond acceptors (Lipinski definition) is 4. The maximum absolute atomic E-state index is 12.0. The Morgan fingerprint density at radius 1 is 1.38 bits per heavy atom. The van der Waals surface area contributed by atoms with Gasteiger partial charge in [-0.2, -0.15) is 0 Å². The Hall–Kier alpha value is -1.92. The quantitative estimate of drug-likeness (QED) is 0.827. The second-order valence-electron chi connectivity index (χ2n) is 5.09. The molecule has 0 saturated carbocycles. The number of benzene rings is 1. The number of likely N-dealkylation sites (N-methyl/N-ethyl adjacent to an activating group) is 1. The van der Waals surface area contributed by atoms with Crippen LogP contribution in [0.3, 0.4) is 0 Å². The van der Waals surface area contributed by atoms with Crippen molar-refractivity contribution in [1.82, 2.24) is 10.2 Å². The fourth-order valence-corrected chi connectivity index (χ4v) is 2.14. The normalized spacial score (nSPS) is 18.0. The maximum Gasteiger partial charge on any atom is 0.243 e. The van der Waals surface area contributed by atoms with Gasteiger partial charge in [-0.25, -0.2) is 0 Å². The van der Waals surface area contributed by atoms with Gasteiger partial charge >= 0.3 is 0 Å². The highest BCUT2D eigenvalue weighted by Crippen LogP contribution is 2.05. The van der Waals surface area contributed by atoms with Gasteiger partial charge in [0.25, 0.3) is 0 Å². The zero-order valence-corrected chi connectivity index (χ0v) is 12.2. The molecule has 21 heavy (non-hydrogen) atoms. The molecular formula is C15H21N3O3. The molecular weight excluding hydrogens is 270 g/mol. The lowest BCUT2D eigenvalue weighted by Crippen LogP contribution is -2.45. The van der Waals surface area contributed by atoms with E-state index in [1.54, 1.807) is 7.05 Å². The third kappa shape index (κ3) is 5.17. The molecule has 2 rings (SSSR count). The van der Waals surface area contributed by atoms with Gasteiger partial charge < -0.3 is 20.3 Å². The van der Waals surface area contributed by atoms with E-state index in [-0.39, 0.29) is 24.4 Å². The van der Waals surface area contributed by atoms with Gasteiger partial charge in [-0.1, -0.05) is 18.2 Å².